The fourth-order valence-corrected chi connectivity index (χ4v) is 2.80. The van der Waals surface area contributed by atoms with Gasteiger partial charge in [0.05, 0.1) is 12.7 Å². The monoisotopic (exact) mass is 407 g/mol. The molecule has 0 fully saturated rings. The lowest BCUT2D eigenvalue weighted by molar-refractivity contribution is -0.139. The van der Waals surface area contributed by atoms with E-state index >= 15 is 0 Å². The molecule has 0 saturated carbocycles. The predicted molar refractivity (Wildman–Crippen MR) is 96.8 cm³/mol. The summed E-state index contributed by atoms with van der Waals surface area (Å²) in [6.45, 7) is 0. The third-order valence-corrected chi connectivity index (χ3v) is 4.24. The summed E-state index contributed by atoms with van der Waals surface area (Å²) >= 11 is 0. The molecule has 2 N–H and O–H groups in total. The Hall–Kier alpha value is -3.49. The van der Waals surface area contributed by atoms with Crippen LogP contribution in [-0.2, 0) is 17.4 Å². The van der Waals surface area contributed by atoms with Gasteiger partial charge in [-0.2, -0.15) is 13.2 Å². The zero-order valence-electron chi connectivity index (χ0n) is 15.1. The Kier molecular flexibility index (Phi) is 5.49. The lowest BCUT2D eigenvalue weighted by Crippen LogP contribution is -2.42. The van der Waals surface area contributed by atoms with Gasteiger partial charge in [0.15, 0.2) is 5.76 Å². The van der Waals surface area contributed by atoms with Crippen LogP contribution in [0, 0.1) is 0 Å². The number of furan rings is 1. The Labute approximate surface area is 162 Å². The van der Waals surface area contributed by atoms with Crippen LogP contribution < -0.4 is 10.1 Å². The first-order chi connectivity index (χ1) is 13.7. The van der Waals surface area contributed by atoms with Gasteiger partial charge < -0.3 is 19.6 Å². The van der Waals surface area contributed by atoms with Gasteiger partial charge in [0.25, 0.3) is 5.91 Å². The molecule has 0 spiro atoms. The molecule has 1 amide bonds. The second kappa shape index (κ2) is 7.86. The van der Waals surface area contributed by atoms with E-state index in [-0.39, 0.29) is 17.7 Å². The summed E-state index contributed by atoms with van der Waals surface area (Å²) in [7, 11) is 1.49. The van der Waals surface area contributed by atoms with E-state index in [0.717, 1.165) is 12.1 Å². The highest BCUT2D eigenvalue weighted by atomic mass is 19.4. The molecule has 0 unspecified atom stereocenters. The number of carbonyl (C=O) groups excluding carboxylic acids is 1. The van der Waals surface area contributed by atoms with Gasteiger partial charge in [-0.05, 0) is 35.9 Å². The first-order valence-corrected chi connectivity index (χ1v) is 8.45. The van der Waals surface area contributed by atoms with Crippen LogP contribution in [0.15, 0.2) is 52.9 Å². The molecule has 0 aliphatic carbocycles. The number of amides is 1. The maximum Gasteiger partial charge on any atom is 0.416 e. The number of aliphatic carboxylic acids is 1. The third kappa shape index (κ3) is 4.68. The summed E-state index contributed by atoms with van der Waals surface area (Å²) in [4.78, 5) is 23.9. The molecule has 1 aromatic heterocycles. The van der Waals surface area contributed by atoms with E-state index in [4.69, 9.17) is 9.15 Å². The van der Waals surface area contributed by atoms with Gasteiger partial charge in [-0.1, -0.05) is 18.2 Å². The molecule has 9 heteroatoms. The van der Waals surface area contributed by atoms with Crippen molar-refractivity contribution in [1.29, 1.82) is 0 Å². The quantitative estimate of drug-likeness (QED) is 0.647. The number of fused-ring (bicyclic) bond motifs is 1. The first-order valence-electron chi connectivity index (χ1n) is 8.45. The maximum absolute atomic E-state index is 12.8. The molecule has 152 valence electrons. The Morgan fingerprint density at radius 3 is 2.59 bits per heavy atom. The molecule has 29 heavy (non-hydrogen) atoms. The van der Waals surface area contributed by atoms with Crippen LogP contribution in [0.2, 0.25) is 0 Å². The van der Waals surface area contributed by atoms with E-state index in [1.54, 1.807) is 18.2 Å². The molecule has 3 rings (SSSR count). The molecular weight excluding hydrogens is 391 g/mol. The molecule has 1 atom stereocenters. The van der Waals surface area contributed by atoms with Crippen molar-refractivity contribution < 1.29 is 37.0 Å². The summed E-state index contributed by atoms with van der Waals surface area (Å²) in [5, 5.41) is 12.3. The average Bonchev–Trinajstić information content (AvgIpc) is 3.10. The SMILES string of the molecule is COc1ccc2oc(C(=O)N[C@@H](Cc3cccc(C(F)(F)F)c3)C(=O)O)cc2c1. The van der Waals surface area contributed by atoms with Gasteiger partial charge in [0, 0.05) is 11.8 Å². The largest absolute Gasteiger partial charge is 0.497 e. The van der Waals surface area contributed by atoms with Gasteiger partial charge in [0.1, 0.15) is 17.4 Å². The highest BCUT2D eigenvalue weighted by Crippen LogP contribution is 2.30. The number of benzene rings is 2. The fourth-order valence-electron chi connectivity index (χ4n) is 2.80. The number of alkyl halides is 3. The first kappa shape index (κ1) is 20.2. The number of carbonyl (C=O) groups is 2. The van der Waals surface area contributed by atoms with Crippen molar-refractivity contribution in [3.05, 3.63) is 65.4 Å². The summed E-state index contributed by atoms with van der Waals surface area (Å²) in [5.41, 5.74) is -0.362. The number of hydrogen-bond donors (Lipinski definition) is 2. The molecule has 0 aliphatic heterocycles. The van der Waals surface area contributed by atoms with Crippen molar-refractivity contribution >= 4 is 22.8 Å². The van der Waals surface area contributed by atoms with E-state index in [0.29, 0.717) is 16.7 Å². The summed E-state index contributed by atoms with van der Waals surface area (Å²) in [5.74, 6) is -1.74. The Bertz CT molecular complexity index is 1060. The van der Waals surface area contributed by atoms with Crippen LogP contribution in [0.1, 0.15) is 21.7 Å². The second-order valence-electron chi connectivity index (χ2n) is 6.28. The zero-order chi connectivity index (χ0) is 21.2. The Morgan fingerprint density at radius 2 is 1.93 bits per heavy atom. The van der Waals surface area contributed by atoms with Crippen LogP contribution >= 0.6 is 0 Å². The highest BCUT2D eigenvalue weighted by Gasteiger charge is 2.31. The van der Waals surface area contributed by atoms with Crippen LogP contribution in [0.4, 0.5) is 13.2 Å². The number of ether oxygens (including phenoxy) is 1. The number of methoxy groups -OCH3 is 1. The molecule has 0 aliphatic rings. The van der Waals surface area contributed by atoms with Crippen LogP contribution in [-0.4, -0.2) is 30.1 Å². The van der Waals surface area contributed by atoms with Gasteiger partial charge in [-0.15, -0.1) is 0 Å². The normalized spacial score (nSPS) is 12.6. The van der Waals surface area contributed by atoms with Gasteiger partial charge in [-0.3, -0.25) is 4.79 Å². The van der Waals surface area contributed by atoms with Crippen molar-refractivity contribution in [2.45, 2.75) is 18.6 Å². The fraction of sp³-hybridized carbons (Fsp3) is 0.200. The molecule has 0 saturated heterocycles. The molecule has 2 aromatic carbocycles. The molecule has 6 nitrogen and oxygen atoms in total. The minimum absolute atomic E-state index is 0.122. The second-order valence-corrected chi connectivity index (χ2v) is 6.28. The van der Waals surface area contributed by atoms with E-state index in [1.807, 2.05) is 0 Å². The minimum Gasteiger partial charge on any atom is -0.497 e. The summed E-state index contributed by atoms with van der Waals surface area (Å²) < 4.78 is 49.0. The number of hydrogen-bond acceptors (Lipinski definition) is 4. The summed E-state index contributed by atoms with van der Waals surface area (Å²) in [6, 6.07) is 9.17. The minimum atomic E-state index is -4.55. The van der Waals surface area contributed by atoms with Gasteiger partial charge in [0.2, 0.25) is 0 Å². The molecule has 3 aromatic rings. The van der Waals surface area contributed by atoms with E-state index in [2.05, 4.69) is 5.32 Å². The lowest BCUT2D eigenvalue weighted by atomic mass is 10.0. The molecule has 0 bridgehead atoms. The lowest BCUT2D eigenvalue weighted by Gasteiger charge is -2.15. The van der Waals surface area contributed by atoms with Gasteiger partial charge in [-0.25, -0.2) is 4.79 Å². The standard InChI is InChI=1S/C20H16F3NO5/c1-28-14-5-6-16-12(9-14)10-17(29-16)18(25)24-15(19(26)27)8-11-3-2-4-13(7-11)20(21,22)23/h2-7,9-10,15H,8H2,1H3,(H,24,25)(H,26,27)/t15-/m0/s1. The average molecular weight is 407 g/mol. The molecular formula is C20H16F3NO5. The number of halogens is 3. The van der Waals surface area contributed by atoms with E-state index in [1.165, 1.54) is 25.3 Å². The zero-order valence-corrected chi connectivity index (χ0v) is 15.1. The number of carboxylic acid groups (broad SMARTS) is 1. The van der Waals surface area contributed by atoms with Crippen molar-refractivity contribution in [1.82, 2.24) is 5.32 Å². The van der Waals surface area contributed by atoms with Crippen LogP contribution in [0.3, 0.4) is 0 Å². The van der Waals surface area contributed by atoms with Gasteiger partial charge >= 0.3 is 12.1 Å². The van der Waals surface area contributed by atoms with Crippen LogP contribution in [0.5, 0.6) is 5.75 Å². The number of rotatable bonds is 6. The van der Waals surface area contributed by atoms with E-state index in [9.17, 15) is 27.9 Å². The van der Waals surface area contributed by atoms with Crippen molar-refractivity contribution in [2.24, 2.45) is 0 Å². The topological polar surface area (TPSA) is 88.8 Å². The van der Waals surface area contributed by atoms with Crippen molar-refractivity contribution in [2.75, 3.05) is 7.11 Å². The maximum atomic E-state index is 12.8. The molecule has 1 heterocycles. The Balaban J connectivity index is 1.78. The third-order valence-electron chi connectivity index (χ3n) is 4.24. The smallest absolute Gasteiger partial charge is 0.416 e. The van der Waals surface area contributed by atoms with Crippen molar-refractivity contribution in [3.63, 3.8) is 0 Å². The summed E-state index contributed by atoms with van der Waals surface area (Å²) in [6.07, 6.45) is -4.87. The van der Waals surface area contributed by atoms with Crippen LogP contribution in [0.25, 0.3) is 11.0 Å². The Morgan fingerprint density at radius 1 is 1.17 bits per heavy atom. The highest BCUT2D eigenvalue weighted by molar-refractivity contribution is 5.98. The number of carboxylic acids is 1. The predicted octanol–water partition coefficient (Wildman–Crippen LogP) is 3.89. The van der Waals surface area contributed by atoms with Crippen molar-refractivity contribution in [3.8, 4) is 5.75 Å². The molecule has 0 radical (unpaired) electrons. The van der Waals surface area contributed by atoms with E-state index < -0.39 is 29.7 Å². The number of nitrogens with one attached hydrogen (secondary N) is 1.